The van der Waals surface area contributed by atoms with E-state index in [1.165, 1.54) is 6.07 Å². The molecule has 1 aromatic heterocycles. The molecule has 1 saturated carbocycles. The Kier molecular flexibility index (Phi) is 9.65. The molecule has 2 N–H and O–H groups in total. The monoisotopic (exact) mass is 681 g/mol. The molecule has 0 spiro atoms. The topological polar surface area (TPSA) is 109 Å². The number of allylic oxidation sites excluding steroid dienone is 1. The van der Waals surface area contributed by atoms with Crippen molar-refractivity contribution in [3.63, 3.8) is 0 Å². The summed E-state index contributed by atoms with van der Waals surface area (Å²) in [5.74, 6) is -1.45. The zero-order valence-electron chi connectivity index (χ0n) is 26.7. The number of hydrogen-bond acceptors (Lipinski definition) is 7. The molecule has 3 aromatic rings. The Bertz CT molecular complexity index is 1790. The molecule has 11 heteroatoms. The number of carbonyl (C=O) groups excluding carboxylic acids is 1. The van der Waals surface area contributed by atoms with Crippen LogP contribution in [0, 0.1) is 23.7 Å². The zero-order chi connectivity index (χ0) is 33.3. The van der Waals surface area contributed by atoms with E-state index in [-0.39, 0.29) is 29.0 Å². The van der Waals surface area contributed by atoms with Crippen LogP contribution in [0.4, 0.5) is 10.1 Å². The minimum absolute atomic E-state index is 0.0193. The van der Waals surface area contributed by atoms with Crippen LogP contribution in [0.3, 0.4) is 0 Å². The van der Waals surface area contributed by atoms with Crippen LogP contribution in [0.15, 0.2) is 66.7 Å². The second kappa shape index (κ2) is 13.6. The molecule has 5 atom stereocenters. The van der Waals surface area contributed by atoms with Crippen LogP contribution >= 0.6 is 11.6 Å². The third kappa shape index (κ3) is 7.05. The van der Waals surface area contributed by atoms with Gasteiger partial charge in [-0.15, -0.1) is 0 Å². The highest BCUT2D eigenvalue weighted by Crippen LogP contribution is 2.48. The predicted octanol–water partition coefficient (Wildman–Crippen LogP) is 6.55. The molecule has 3 heterocycles. The lowest BCUT2D eigenvalue weighted by atomic mass is 9.63. The molecular formula is C36H41ClFN3O5S. The van der Waals surface area contributed by atoms with Crippen LogP contribution in [-0.4, -0.2) is 42.8 Å². The van der Waals surface area contributed by atoms with Gasteiger partial charge in [-0.3, -0.25) is 4.79 Å². The van der Waals surface area contributed by atoms with E-state index in [1.807, 2.05) is 18.2 Å². The molecule has 1 amide bonds. The number of fused-ring (bicyclic) bond motifs is 3. The van der Waals surface area contributed by atoms with Crippen molar-refractivity contribution in [2.75, 3.05) is 18.0 Å². The summed E-state index contributed by atoms with van der Waals surface area (Å²) in [4.78, 5) is 19.7. The third-order valence-corrected chi connectivity index (χ3v) is 12.4. The lowest BCUT2D eigenvalue weighted by Crippen LogP contribution is -2.49. The van der Waals surface area contributed by atoms with Crippen molar-refractivity contribution < 1.29 is 27.4 Å². The Balaban J connectivity index is 1.44. The molecule has 0 saturated heterocycles. The van der Waals surface area contributed by atoms with Gasteiger partial charge in [-0.2, -0.15) is 4.39 Å². The number of nitrogens with one attached hydrogen (secondary N) is 1. The summed E-state index contributed by atoms with van der Waals surface area (Å²) in [5.41, 5.74) is 1.70. The van der Waals surface area contributed by atoms with Crippen LogP contribution in [0.25, 0.3) is 0 Å². The number of hydrogen-bond donors (Lipinski definition) is 2. The van der Waals surface area contributed by atoms with Crippen molar-refractivity contribution in [1.82, 2.24) is 9.71 Å². The summed E-state index contributed by atoms with van der Waals surface area (Å²) in [5, 5.41) is 12.1. The van der Waals surface area contributed by atoms with Gasteiger partial charge in [0.1, 0.15) is 18.0 Å². The number of aromatic nitrogens is 1. The second-order valence-corrected chi connectivity index (χ2v) is 15.7. The van der Waals surface area contributed by atoms with Crippen molar-refractivity contribution in [2.45, 2.75) is 69.8 Å². The molecule has 2 bridgehead atoms. The largest absolute Gasteiger partial charge is 0.487 e. The smallest absolute Gasteiger partial charge is 0.264 e. The van der Waals surface area contributed by atoms with Crippen LogP contribution in [0.2, 0.25) is 5.02 Å². The highest BCUT2D eigenvalue weighted by molar-refractivity contribution is 7.90. The molecule has 3 aliphatic rings. The normalized spacial score (nSPS) is 28.7. The predicted molar refractivity (Wildman–Crippen MR) is 180 cm³/mol. The van der Waals surface area contributed by atoms with E-state index >= 15 is 0 Å². The molecule has 250 valence electrons. The van der Waals surface area contributed by atoms with Gasteiger partial charge in [0.2, 0.25) is 16.0 Å². The Hall–Kier alpha value is -3.47. The fourth-order valence-electron chi connectivity index (χ4n) is 7.00. The Morgan fingerprint density at radius 2 is 1.91 bits per heavy atom. The number of benzene rings is 2. The summed E-state index contributed by atoms with van der Waals surface area (Å²) in [6.45, 7) is 4.83. The van der Waals surface area contributed by atoms with E-state index in [2.05, 4.69) is 14.6 Å². The number of pyridine rings is 1. The van der Waals surface area contributed by atoms with Gasteiger partial charge in [0.05, 0.1) is 16.6 Å². The van der Waals surface area contributed by atoms with Gasteiger partial charge in [-0.05, 0) is 111 Å². The summed E-state index contributed by atoms with van der Waals surface area (Å²) in [7, 11) is -4.04. The average molecular weight is 682 g/mol. The maximum absolute atomic E-state index is 14.4. The number of anilines is 1. The molecule has 0 unspecified atom stereocenters. The number of aliphatic hydroxyl groups is 1. The molecule has 1 fully saturated rings. The van der Waals surface area contributed by atoms with Crippen LogP contribution in [0.5, 0.6) is 5.75 Å². The zero-order valence-corrected chi connectivity index (χ0v) is 28.2. The lowest BCUT2D eigenvalue weighted by molar-refractivity contribution is -0.0532. The van der Waals surface area contributed by atoms with E-state index in [0.717, 1.165) is 36.8 Å². The van der Waals surface area contributed by atoms with Gasteiger partial charge in [0, 0.05) is 29.6 Å². The molecule has 6 rings (SSSR count). The summed E-state index contributed by atoms with van der Waals surface area (Å²) in [6, 6.07) is 15.2. The number of aryl methyl sites for hydroxylation is 1. The molecule has 47 heavy (non-hydrogen) atoms. The molecule has 1 aliphatic carbocycles. The van der Waals surface area contributed by atoms with E-state index in [0.29, 0.717) is 49.0 Å². The molecule has 8 nitrogen and oxygen atoms in total. The number of rotatable bonds is 1. The highest BCUT2D eigenvalue weighted by Gasteiger charge is 2.48. The SMILES string of the molecule is C[C@@H]1[C@@H](C)C/C=C/[C@@](O)(c2cccc(F)n2)[C@@H]2CC[C@H]2CN2CCCCc3cc(Cl)ccc3COc3ccc(cc32)C(=O)NS1(=O)=O. The number of nitrogens with zero attached hydrogens (tertiary/aromatic N) is 2. The Morgan fingerprint density at radius 3 is 2.68 bits per heavy atom. The van der Waals surface area contributed by atoms with Gasteiger partial charge in [0.25, 0.3) is 5.91 Å². The molecule has 2 aliphatic heterocycles. The standard InChI is InChI=1S/C36H41ClFN3O5S/c1-23-7-6-17-36(43,33-9-5-10-34(38)39-33)30-15-12-27(30)21-41-18-4-3-8-25-19-29(37)14-11-28(25)22-46-32-16-13-26(20-31(32)41)35(42)40-47(44,45)24(23)2/h5-6,9-11,13-14,16-17,19-20,23-24,27,30,43H,3-4,7-8,12,15,18,21-22H2,1-2H3,(H,40,42)/b17-6+/t23-,24+,27-,30+,36-/m0/s1. The van der Waals surface area contributed by atoms with Gasteiger partial charge in [0.15, 0.2) is 0 Å². The van der Waals surface area contributed by atoms with E-state index in [9.17, 15) is 22.7 Å². The number of ether oxygens (including phenoxy) is 1. The van der Waals surface area contributed by atoms with E-state index < -0.39 is 32.7 Å². The van der Waals surface area contributed by atoms with Gasteiger partial charge < -0.3 is 14.7 Å². The second-order valence-electron chi connectivity index (χ2n) is 13.2. The van der Waals surface area contributed by atoms with Crippen LogP contribution < -0.4 is 14.4 Å². The van der Waals surface area contributed by atoms with Crippen LogP contribution in [-0.2, 0) is 28.7 Å². The molecular weight excluding hydrogens is 641 g/mol. The van der Waals surface area contributed by atoms with Crippen molar-refractivity contribution in [3.8, 4) is 5.75 Å². The average Bonchev–Trinajstić information content (AvgIpc) is 3.05. The van der Waals surface area contributed by atoms with Gasteiger partial charge in [-0.25, -0.2) is 18.1 Å². The number of halogens is 2. The van der Waals surface area contributed by atoms with Crippen molar-refractivity contribution in [1.29, 1.82) is 0 Å². The fourth-order valence-corrected chi connectivity index (χ4v) is 8.48. The minimum Gasteiger partial charge on any atom is -0.487 e. The highest BCUT2D eigenvalue weighted by atomic mass is 35.5. The summed E-state index contributed by atoms with van der Waals surface area (Å²) < 4.78 is 49.8. The van der Waals surface area contributed by atoms with E-state index in [4.69, 9.17) is 16.3 Å². The maximum Gasteiger partial charge on any atom is 0.264 e. The van der Waals surface area contributed by atoms with Gasteiger partial charge in [-0.1, -0.05) is 42.8 Å². The first-order valence-corrected chi connectivity index (χ1v) is 18.2. The summed E-state index contributed by atoms with van der Waals surface area (Å²) in [6.07, 6.45) is 7.85. The maximum atomic E-state index is 14.4. The van der Waals surface area contributed by atoms with Crippen molar-refractivity contribution in [2.24, 2.45) is 17.8 Å². The lowest BCUT2D eigenvalue weighted by Gasteiger charge is -2.48. The molecule has 2 aromatic carbocycles. The van der Waals surface area contributed by atoms with Crippen LogP contribution in [0.1, 0.15) is 73.1 Å². The summed E-state index contributed by atoms with van der Waals surface area (Å²) >= 11 is 6.33. The first-order valence-electron chi connectivity index (χ1n) is 16.3. The minimum atomic E-state index is -4.04. The van der Waals surface area contributed by atoms with Gasteiger partial charge >= 0.3 is 0 Å². The van der Waals surface area contributed by atoms with Crippen molar-refractivity contribution in [3.05, 3.63) is 100 Å². The number of amides is 1. The Morgan fingerprint density at radius 1 is 1.09 bits per heavy atom. The fraction of sp³-hybridized carbons (Fsp3) is 0.444. The van der Waals surface area contributed by atoms with E-state index in [1.54, 1.807) is 56.3 Å². The Labute approximate surface area is 281 Å². The molecule has 0 radical (unpaired) electrons. The first kappa shape index (κ1) is 33.4. The third-order valence-electron chi connectivity index (χ3n) is 10.2. The van der Waals surface area contributed by atoms with Crippen molar-refractivity contribution >= 4 is 33.2 Å². The number of sulfonamides is 1. The quantitative estimate of drug-likeness (QED) is 0.221. The first-order chi connectivity index (χ1) is 22.4. The number of carbonyl (C=O) groups is 1.